The first kappa shape index (κ1) is 33.1. The van der Waals surface area contributed by atoms with E-state index < -0.39 is 21.9 Å². The molecule has 0 aliphatic carbocycles. The Balaban J connectivity index is 0.000000354. The molecule has 5 aromatic rings. The molecule has 13 heteroatoms. The van der Waals surface area contributed by atoms with Crippen molar-refractivity contribution in [1.82, 2.24) is 20.0 Å². The van der Waals surface area contributed by atoms with E-state index in [-0.39, 0.29) is 11.5 Å². The Kier molecular flexibility index (Phi) is 11.3. The van der Waals surface area contributed by atoms with E-state index in [0.29, 0.717) is 17.1 Å². The number of oxazole rings is 1. The summed E-state index contributed by atoms with van der Waals surface area (Å²) in [5.41, 5.74) is 2.74. The summed E-state index contributed by atoms with van der Waals surface area (Å²) >= 11 is 0. The molecule has 3 aromatic carbocycles. The molecule has 0 atom stereocenters. The minimum absolute atomic E-state index is 0.0666. The molecule has 9 nitrogen and oxygen atoms in total. The number of benzene rings is 3. The van der Waals surface area contributed by atoms with Gasteiger partial charge in [-0.3, -0.25) is 9.23 Å². The van der Waals surface area contributed by atoms with Crippen LogP contribution < -0.4 is 4.74 Å². The topological polar surface area (TPSA) is 120 Å². The van der Waals surface area contributed by atoms with Gasteiger partial charge in [0.15, 0.2) is 0 Å². The molecule has 0 saturated heterocycles. The normalized spacial score (nSPS) is 11.8. The zero-order valence-corrected chi connectivity index (χ0v) is 25.1. The van der Waals surface area contributed by atoms with Gasteiger partial charge in [-0.2, -0.15) is 21.6 Å². The number of nitrogens with zero attached hydrogens (tertiary/aromatic N) is 4. The van der Waals surface area contributed by atoms with Crippen molar-refractivity contribution in [3.05, 3.63) is 125 Å². The van der Waals surface area contributed by atoms with E-state index in [9.17, 15) is 21.6 Å². The second-order valence-electron chi connectivity index (χ2n) is 9.97. The van der Waals surface area contributed by atoms with Gasteiger partial charge < -0.3 is 9.15 Å². The lowest BCUT2D eigenvalue weighted by atomic mass is 10.1. The standard InChI is InChI=1S/C25H23F3N4O2.C7H8O3S/c26-25(27,28)21-9-4-20(5-10-21)8-13-24-30-22(18-34-24)17-33-23-11-6-19(7-12-23)3-1-2-15-32-16-14-29-31-32;1-6-2-4-7(5-3-6)11(8,9)10/h4-14,16,18H,1-3,15,17H2;2-5H,1H3,(H,8,9,10)/b13-8+;. The second-order valence-corrected chi connectivity index (χ2v) is 11.4. The van der Waals surface area contributed by atoms with Crippen LogP contribution in [0.2, 0.25) is 0 Å². The summed E-state index contributed by atoms with van der Waals surface area (Å²) < 4.78 is 80.4. The van der Waals surface area contributed by atoms with Gasteiger partial charge in [-0.1, -0.05) is 47.2 Å². The van der Waals surface area contributed by atoms with Gasteiger partial charge in [-0.05, 0) is 79.8 Å². The number of aromatic nitrogens is 4. The van der Waals surface area contributed by atoms with Crippen LogP contribution in [-0.4, -0.2) is 32.9 Å². The van der Waals surface area contributed by atoms with Crippen LogP contribution in [0, 0.1) is 6.92 Å². The Morgan fingerprint density at radius 1 is 0.956 bits per heavy atom. The highest BCUT2D eigenvalue weighted by Crippen LogP contribution is 2.29. The van der Waals surface area contributed by atoms with Gasteiger partial charge in [-0.25, -0.2) is 4.98 Å². The van der Waals surface area contributed by atoms with Crippen LogP contribution in [0.3, 0.4) is 0 Å². The van der Waals surface area contributed by atoms with Gasteiger partial charge in [0.25, 0.3) is 10.1 Å². The molecular formula is C32H31F3N4O5S. The maximum atomic E-state index is 12.6. The van der Waals surface area contributed by atoms with Gasteiger partial charge in [-0.15, -0.1) is 5.10 Å². The first-order chi connectivity index (χ1) is 21.5. The van der Waals surface area contributed by atoms with Gasteiger partial charge in [0, 0.05) is 18.8 Å². The number of aryl methyl sites for hydroxylation is 3. The van der Waals surface area contributed by atoms with Crippen LogP contribution in [-0.2, 0) is 35.9 Å². The summed E-state index contributed by atoms with van der Waals surface area (Å²) in [6.07, 6.45) is 7.00. The van der Waals surface area contributed by atoms with Crippen LogP contribution in [0.25, 0.3) is 12.2 Å². The monoisotopic (exact) mass is 640 g/mol. The summed E-state index contributed by atoms with van der Waals surface area (Å²) in [5, 5.41) is 7.75. The van der Waals surface area contributed by atoms with Crippen LogP contribution in [0.4, 0.5) is 13.2 Å². The third-order valence-corrected chi connectivity index (χ3v) is 7.30. The zero-order valence-electron chi connectivity index (χ0n) is 24.3. The van der Waals surface area contributed by atoms with Crippen molar-refractivity contribution >= 4 is 22.3 Å². The largest absolute Gasteiger partial charge is 0.487 e. The van der Waals surface area contributed by atoms with Crippen LogP contribution in [0.5, 0.6) is 5.75 Å². The number of rotatable bonds is 11. The van der Waals surface area contributed by atoms with E-state index in [1.54, 1.807) is 30.5 Å². The number of unbranched alkanes of at least 4 members (excludes halogenated alkanes) is 1. The maximum absolute atomic E-state index is 12.6. The number of halogens is 3. The van der Waals surface area contributed by atoms with Crippen molar-refractivity contribution in [2.24, 2.45) is 0 Å². The number of hydrogen-bond donors (Lipinski definition) is 1. The molecule has 2 heterocycles. The Bertz CT molecular complexity index is 1750. The second kappa shape index (κ2) is 15.3. The van der Waals surface area contributed by atoms with E-state index in [0.717, 1.165) is 49.3 Å². The lowest BCUT2D eigenvalue weighted by Crippen LogP contribution is -2.03. The zero-order chi connectivity index (χ0) is 32.3. The van der Waals surface area contributed by atoms with Crippen molar-refractivity contribution in [1.29, 1.82) is 0 Å². The number of ether oxygens (including phenoxy) is 1. The molecule has 0 aliphatic rings. The fourth-order valence-electron chi connectivity index (χ4n) is 3.99. The van der Waals surface area contributed by atoms with E-state index >= 15 is 0 Å². The Morgan fingerprint density at radius 3 is 2.29 bits per heavy atom. The average Bonchev–Trinajstić information content (AvgIpc) is 3.70. The molecule has 0 spiro atoms. The number of hydrogen-bond acceptors (Lipinski definition) is 7. The fraction of sp³-hybridized carbons (Fsp3) is 0.219. The predicted molar refractivity (Wildman–Crippen MR) is 162 cm³/mol. The molecule has 0 amide bonds. The predicted octanol–water partition coefficient (Wildman–Crippen LogP) is 7.30. The Labute approximate surface area is 258 Å². The summed E-state index contributed by atoms with van der Waals surface area (Å²) in [4.78, 5) is 4.25. The molecule has 0 fully saturated rings. The molecule has 0 radical (unpaired) electrons. The molecule has 0 aliphatic heterocycles. The minimum Gasteiger partial charge on any atom is -0.487 e. The highest BCUT2D eigenvalue weighted by atomic mass is 32.2. The quantitative estimate of drug-likeness (QED) is 0.118. The molecule has 5 rings (SSSR count). The lowest BCUT2D eigenvalue weighted by Gasteiger charge is -2.06. The highest BCUT2D eigenvalue weighted by molar-refractivity contribution is 7.85. The molecule has 0 saturated carbocycles. The third-order valence-electron chi connectivity index (χ3n) is 6.43. The summed E-state index contributed by atoms with van der Waals surface area (Å²) in [6, 6.07) is 18.8. The summed E-state index contributed by atoms with van der Waals surface area (Å²) in [6.45, 7) is 2.95. The molecular weight excluding hydrogens is 609 g/mol. The molecule has 0 unspecified atom stereocenters. The Hall–Kier alpha value is -4.75. The fourth-order valence-corrected chi connectivity index (χ4v) is 4.47. The first-order valence-electron chi connectivity index (χ1n) is 13.9. The molecule has 1 N–H and O–H groups in total. The van der Waals surface area contributed by atoms with Crippen molar-refractivity contribution in [2.45, 2.75) is 50.4 Å². The summed E-state index contributed by atoms with van der Waals surface area (Å²) in [5.74, 6) is 1.08. The van der Waals surface area contributed by atoms with E-state index in [1.807, 2.05) is 42.1 Å². The smallest absolute Gasteiger partial charge is 0.416 e. The molecule has 2 aromatic heterocycles. The average molecular weight is 641 g/mol. The van der Waals surface area contributed by atoms with Crippen molar-refractivity contribution < 1.29 is 35.3 Å². The van der Waals surface area contributed by atoms with Gasteiger partial charge in [0.1, 0.15) is 24.3 Å². The van der Waals surface area contributed by atoms with Crippen LogP contribution in [0.15, 0.2) is 101 Å². The van der Waals surface area contributed by atoms with Crippen LogP contribution >= 0.6 is 0 Å². The van der Waals surface area contributed by atoms with Crippen LogP contribution in [0.1, 0.15) is 46.7 Å². The van der Waals surface area contributed by atoms with Crippen molar-refractivity contribution in [2.75, 3.05) is 0 Å². The molecule has 45 heavy (non-hydrogen) atoms. The van der Waals surface area contributed by atoms with Gasteiger partial charge in [0.2, 0.25) is 5.89 Å². The lowest BCUT2D eigenvalue weighted by molar-refractivity contribution is -0.137. The minimum atomic E-state index is -4.35. The first-order valence-corrected chi connectivity index (χ1v) is 15.3. The SMILES string of the molecule is Cc1ccc(S(=O)(=O)O)cc1.FC(F)(F)c1ccc(/C=C/c2nc(COc3ccc(CCCCn4ccnn4)cc3)co2)cc1. The summed E-state index contributed by atoms with van der Waals surface area (Å²) in [7, 11) is -4.02. The van der Waals surface area contributed by atoms with Crippen molar-refractivity contribution in [3.63, 3.8) is 0 Å². The van der Waals surface area contributed by atoms with Gasteiger partial charge in [0.05, 0.1) is 16.7 Å². The third kappa shape index (κ3) is 11.0. The van der Waals surface area contributed by atoms with E-state index in [1.165, 1.54) is 36.1 Å². The highest BCUT2D eigenvalue weighted by Gasteiger charge is 2.29. The van der Waals surface area contributed by atoms with Gasteiger partial charge >= 0.3 is 6.18 Å². The van der Waals surface area contributed by atoms with Crippen molar-refractivity contribution in [3.8, 4) is 5.75 Å². The Morgan fingerprint density at radius 2 is 1.67 bits per heavy atom. The maximum Gasteiger partial charge on any atom is 0.416 e. The molecule has 0 bridgehead atoms. The van der Waals surface area contributed by atoms with E-state index in [2.05, 4.69) is 15.3 Å². The molecule has 236 valence electrons. The van der Waals surface area contributed by atoms with E-state index in [4.69, 9.17) is 13.7 Å². The number of alkyl halides is 3.